The van der Waals surface area contributed by atoms with E-state index in [4.69, 9.17) is 0 Å². The normalized spacial score (nSPS) is 10.1. The number of hydrogen-bond acceptors (Lipinski definition) is 4. The second-order valence-corrected chi connectivity index (χ2v) is 3.53. The number of phenolic OH excluding ortho intramolecular Hbond substituents is 1. The lowest BCUT2D eigenvalue weighted by Crippen LogP contribution is -2.24. The Hall–Kier alpha value is -2.50. The van der Waals surface area contributed by atoms with Gasteiger partial charge in [-0.1, -0.05) is 6.07 Å². The van der Waals surface area contributed by atoms with Crippen LogP contribution in [0.1, 0.15) is 16.1 Å². The van der Waals surface area contributed by atoms with Crippen LogP contribution in [0, 0.1) is 5.82 Å². The fourth-order valence-corrected chi connectivity index (χ4v) is 1.42. The molecule has 0 atom stereocenters. The third-order valence-electron chi connectivity index (χ3n) is 2.28. The third-order valence-corrected chi connectivity index (χ3v) is 2.28. The van der Waals surface area contributed by atoms with Crippen LogP contribution in [0.2, 0.25) is 0 Å². The number of amides is 1. The fraction of sp³-hybridized carbons (Fsp3) is 0.0833. The van der Waals surface area contributed by atoms with Crippen molar-refractivity contribution in [3.05, 3.63) is 53.6 Å². The summed E-state index contributed by atoms with van der Waals surface area (Å²) in [6.07, 6.45) is 1.51. The molecular weight excluding hydrogens is 237 g/mol. The lowest BCUT2D eigenvalue weighted by Gasteiger charge is -2.06. The van der Waals surface area contributed by atoms with Gasteiger partial charge < -0.3 is 10.4 Å². The molecule has 0 aliphatic heterocycles. The summed E-state index contributed by atoms with van der Waals surface area (Å²) in [6.45, 7) is 0.112. The Morgan fingerprint density at radius 3 is 2.83 bits per heavy atom. The molecule has 1 aromatic carbocycles. The predicted octanol–water partition coefficient (Wildman–Crippen LogP) is 1.25. The van der Waals surface area contributed by atoms with E-state index < -0.39 is 17.5 Å². The smallest absolute Gasteiger partial charge is 0.258 e. The molecule has 0 fully saturated rings. The molecule has 0 saturated carbocycles. The predicted molar refractivity (Wildman–Crippen MR) is 61.3 cm³/mol. The summed E-state index contributed by atoms with van der Waals surface area (Å²) in [7, 11) is 0. The second-order valence-electron chi connectivity index (χ2n) is 3.53. The van der Waals surface area contributed by atoms with Gasteiger partial charge in [0.25, 0.3) is 5.91 Å². The standard InChI is InChI=1S/C12H10FN3O2/c13-9-4-1-5-10(17)11(9)12(18)14-7-8-3-2-6-15-16-8/h1-6,17H,7H2,(H,14,18). The van der Waals surface area contributed by atoms with Crippen LogP contribution in [-0.2, 0) is 6.54 Å². The molecule has 1 aromatic heterocycles. The molecule has 5 nitrogen and oxygen atoms in total. The first kappa shape index (κ1) is 12.0. The van der Waals surface area contributed by atoms with Crippen LogP contribution in [-0.4, -0.2) is 21.2 Å². The van der Waals surface area contributed by atoms with Gasteiger partial charge in [0.05, 0.1) is 12.2 Å². The Kier molecular flexibility index (Phi) is 3.47. The molecular formula is C12H10FN3O2. The van der Waals surface area contributed by atoms with Crippen LogP contribution in [0.4, 0.5) is 4.39 Å². The van der Waals surface area contributed by atoms with E-state index >= 15 is 0 Å². The lowest BCUT2D eigenvalue weighted by atomic mass is 10.1. The van der Waals surface area contributed by atoms with Gasteiger partial charge in [-0.15, -0.1) is 0 Å². The Morgan fingerprint density at radius 2 is 2.17 bits per heavy atom. The molecule has 2 N–H and O–H groups in total. The summed E-state index contributed by atoms with van der Waals surface area (Å²) in [6, 6.07) is 7.03. The first-order chi connectivity index (χ1) is 8.68. The van der Waals surface area contributed by atoms with Gasteiger partial charge in [0.2, 0.25) is 0 Å². The largest absolute Gasteiger partial charge is 0.507 e. The zero-order chi connectivity index (χ0) is 13.0. The number of rotatable bonds is 3. The molecule has 0 spiro atoms. The molecule has 2 rings (SSSR count). The Labute approximate surface area is 102 Å². The van der Waals surface area contributed by atoms with Crippen molar-refractivity contribution in [1.29, 1.82) is 0 Å². The number of nitrogens with one attached hydrogen (secondary N) is 1. The van der Waals surface area contributed by atoms with E-state index in [0.717, 1.165) is 6.07 Å². The highest BCUT2D eigenvalue weighted by molar-refractivity contribution is 5.96. The number of hydrogen-bond donors (Lipinski definition) is 2. The number of aromatic hydroxyl groups is 1. The van der Waals surface area contributed by atoms with Crippen LogP contribution in [0.25, 0.3) is 0 Å². The fourth-order valence-electron chi connectivity index (χ4n) is 1.42. The molecule has 0 aliphatic rings. The van der Waals surface area contributed by atoms with Gasteiger partial charge in [0, 0.05) is 6.20 Å². The van der Waals surface area contributed by atoms with Crippen LogP contribution < -0.4 is 5.32 Å². The van der Waals surface area contributed by atoms with E-state index in [1.54, 1.807) is 12.1 Å². The zero-order valence-corrected chi connectivity index (χ0v) is 9.30. The van der Waals surface area contributed by atoms with E-state index in [-0.39, 0.29) is 12.1 Å². The topological polar surface area (TPSA) is 75.1 Å². The monoisotopic (exact) mass is 247 g/mol. The lowest BCUT2D eigenvalue weighted by molar-refractivity contribution is 0.0943. The molecule has 18 heavy (non-hydrogen) atoms. The molecule has 1 heterocycles. The van der Waals surface area contributed by atoms with Gasteiger partial charge in [-0.05, 0) is 24.3 Å². The highest BCUT2D eigenvalue weighted by Crippen LogP contribution is 2.19. The number of halogens is 1. The first-order valence-electron chi connectivity index (χ1n) is 5.20. The number of nitrogens with zero attached hydrogens (tertiary/aromatic N) is 2. The van der Waals surface area contributed by atoms with Crippen molar-refractivity contribution < 1.29 is 14.3 Å². The van der Waals surface area contributed by atoms with E-state index in [1.807, 2.05) is 0 Å². The summed E-state index contributed by atoms with van der Waals surface area (Å²) in [5.74, 6) is -1.87. The van der Waals surface area contributed by atoms with Crippen molar-refractivity contribution in [2.24, 2.45) is 0 Å². The SMILES string of the molecule is O=C(NCc1cccnn1)c1c(O)cccc1F. The van der Waals surface area contributed by atoms with Gasteiger partial charge in [0.1, 0.15) is 17.1 Å². The summed E-state index contributed by atoms with van der Waals surface area (Å²) in [4.78, 5) is 11.7. The molecule has 92 valence electrons. The maximum Gasteiger partial charge on any atom is 0.258 e. The van der Waals surface area contributed by atoms with Gasteiger partial charge in [0.15, 0.2) is 0 Å². The van der Waals surface area contributed by atoms with E-state index in [1.165, 1.54) is 18.3 Å². The summed E-state index contributed by atoms with van der Waals surface area (Å²) < 4.78 is 13.4. The Morgan fingerprint density at radius 1 is 1.33 bits per heavy atom. The van der Waals surface area contributed by atoms with Crippen molar-refractivity contribution in [1.82, 2.24) is 15.5 Å². The van der Waals surface area contributed by atoms with Crippen molar-refractivity contribution >= 4 is 5.91 Å². The third kappa shape index (κ3) is 2.60. The average Bonchev–Trinajstić information content (AvgIpc) is 2.37. The van der Waals surface area contributed by atoms with Gasteiger partial charge in [-0.3, -0.25) is 4.79 Å². The Balaban J connectivity index is 2.09. The molecule has 0 bridgehead atoms. The highest BCUT2D eigenvalue weighted by atomic mass is 19.1. The van der Waals surface area contributed by atoms with Gasteiger partial charge in [-0.2, -0.15) is 10.2 Å². The number of benzene rings is 1. The maximum absolute atomic E-state index is 13.4. The van der Waals surface area contributed by atoms with E-state index in [2.05, 4.69) is 15.5 Å². The minimum absolute atomic E-state index is 0.112. The molecule has 6 heteroatoms. The maximum atomic E-state index is 13.4. The number of phenols is 1. The van der Waals surface area contributed by atoms with Crippen LogP contribution in [0.3, 0.4) is 0 Å². The van der Waals surface area contributed by atoms with Crippen molar-refractivity contribution in [3.8, 4) is 5.75 Å². The van der Waals surface area contributed by atoms with Crippen molar-refractivity contribution in [2.45, 2.75) is 6.54 Å². The molecule has 0 aliphatic carbocycles. The number of aromatic nitrogens is 2. The molecule has 1 amide bonds. The highest BCUT2D eigenvalue weighted by Gasteiger charge is 2.15. The van der Waals surface area contributed by atoms with Gasteiger partial charge in [-0.25, -0.2) is 4.39 Å². The van der Waals surface area contributed by atoms with Crippen molar-refractivity contribution in [2.75, 3.05) is 0 Å². The summed E-state index contributed by atoms with van der Waals surface area (Å²) in [5.41, 5.74) is 0.170. The number of carbonyl (C=O) groups is 1. The molecule has 0 radical (unpaired) electrons. The summed E-state index contributed by atoms with van der Waals surface area (Å²) >= 11 is 0. The molecule has 2 aromatic rings. The average molecular weight is 247 g/mol. The van der Waals surface area contributed by atoms with E-state index in [0.29, 0.717) is 5.69 Å². The molecule has 0 saturated heterocycles. The molecule has 0 unspecified atom stereocenters. The van der Waals surface area contributed by atoms with Crippen molar-refractivity contribution in [3.63, 3.8) is 0 Å². The van der Waals surface area contributed by atoms with Crippen LogP contribution in [0.15, 0.2) is 36.5 Å². The quantitative estimate of drug-likeness (QED) is 0.856. The van der Waals surface area contributed by atoms with Crippen LogP contribution >= 0.6 is 0 Å². The number of carbonyl (C=O) groups excluding carboxylic acids is 1. The second kappa shape index (κ2) is 5.22. The first-order valence-corrected chi connectivity index (χ1v) is 5.20. The zero-order valence-electron chi connectivity index (χ0n) is 9.30. The Bertz CT molecular complexity index is 540. The van der Waals surface area contributed by atoms with E-state index in [9.17, 15) is 14.3 Å². The summed E-state index contributed by atoms with van der Waals surface area (Å²) in [5, 5.41) is 19.3. The van der Waals surface area contributed by atoms with Crippen LogP contribution in [0.5, 0.6) is 5.75 Å². The van der Waals surface area contributed by atoms with Gasteiger partial charge >= 0.3 is 0 Å². The minimum Gasteiger partial charge on any atom is -0.507 e. The minimum atomic E-state index is -0.772.